The molecule has 0 bridgehead atoms. The van der Waals surface area contributed by atoms with Gasteiger partial charge in [0.15, 0.2) is 5.17 Å². The molecule has 6 heteroatoms. The van der Waals surface area contributed by atoms with Gasteiger partial charge >= 0.3 is 5.97 Å². The summed E-state index contributed by atoms with van der Waals surface area (Å²) in [6.07, 6.45) is 0. The molecule has 86 valence electrons. The fourth-order valence-electron chi connectivity index (χ4n) is 1.15. The van der Waals surface area contributed by atoms with Crippen LogP contribution in [0.3, 0.4) is 0 Å². The number of rotatable bonds is 3. The van der Waals surface area contributed by atoms with Crippen LogP contribution in [-0.2, 0) is 10.5 Å². The van der Waals surface area contributed by atoms with Crippen molar-refractivity contribution in [2.24, 2.45) is 5.73 Å². The standard InChI is InChI=1S/C10H11FN2O2S/c1-15-9(14)8-3-2-7(11)4-6(8)5-16-10(12)13/h2-4H,5H2,1H3,(H3,12,13). The van der Waals surface area contributed by atoms with Crippen molar-refractivity contribution in [2.45, 2.75) is 5.75 Å². The first kappa shape index (κ1) is 12.5. The molecule has 0 aliphatic heterocycles. The third-order valence-corrected chi connectivity index (χ3v) is 2.62. The number of hydrogen-bond donors (Lipinski definition) is 2. The summed E-state index contributed by atoms with van der Waals surface area (Å²) >= 11 is 1.02. The van der Waals surface area contributed by atoms with E-state index >= 15 is 0 Å². The molecule has 0 saturated carbocycles. The average Bonchev–Trinajstić information content (AvgIpc) is 2.25. The maximum atomic E-state index is 13.0. The summed E-state index contributed by atoms with van der Waals surface area (Å²) in [5, 5.41) is 6.97. The number of carbonyl (C=O) groups excluding carboxylic acids is 1. The van der Waals surface area contributed by atoms with E-state index in [0.717, 1.165) is 11.8 Å². The van der Waals surface area contributed by atoms with Crippen molar-refractivity contribution < 1.29 is 13.9 Å². The van der Waals surface area contributed by atoms with Gasteiger partial charge in [-0.1, -0.05) is 11.8 Å². The highest BCUT2D eigenvalue weighted by molar-refractivity contribution is 8.13. The third kappa shape index (κ3) is 3.23. The molecule has 16 heavy (non-hydrogen) atoms. The van der Waals surface area contributed by atoms with Crippen LogP contribution >= 0.6 is 11.8 Å². The lowest BCUT2D eigenvalue weighted by Gasteiger charge is -2.07. The molecule has 0 atom stereocenters. The number of halogens is 1. The molecule has 0 spiro atoms. The minimum absolute atomic E-state index is 0.0833. The fourth-order valence-corrected chi connectivity index (χ4v) is 1.70. The van der Waals surface area contributed by atoms with Crippen molar-refractivity contribution in [1.82, 2.24) is 0 Å². The first-order chi connectivity index (χ1) is 7.54. The van der Waals surface area contributed by atoms with E-state index in [1.165, 1.54) is 25.3 Å². The second-order valence-corrected chi connectivity index (χ2v) is 3.96. The van der Waals surface area contributed by atoms with Gasteiger partial charge in [-0.3, -0.25) is 5.41 Å². The van der Waals surface area contributed by atoms with Crippen LogP contribution in [0.15, 0.2) is 18.2 Å². The van der Waals surface area contributed by atoms with Gasteiger partial charge < -0.3 is 10.5 Å². The number of hydrogen-bond acceptors (Lipinski definition) is 4. The molecule has 1 rings (SSSR count). The van der Waals surface area contributed by atoms with Crippen molar-refractivity contribution >= 4 is 22.9 Å². The number of amidine groups is 1. The van der Waals surface area contributed by atoms with E-state index in [2.05, 4.69) is 4.74 Å². The van der Waals surface area contributed by atoms with Crippen molar-refractivity contribution in [3.8, 4) is 0 Å². The molecule has 3 N–H and O–H groups in total. The molecular formula is C10H11FN2O2S. The van der Waals surface area contributed by atoms with E-state index in [4.69, 9.17) is 11.1 Å². The Kier molecular flexibility index (Phi) is 4.30. The number of ether oxygens (including phenoxy) is 1. The number of nitrogens with two attached hydrogens (primary N) is 1. The molecule has 0 saturated heterocycles. The maximum absolute atomic E-state index is 13.0. The number of esters is 1. The van der Waals surface area contributed by atoms with Crippen LogP contribution in [-0.4, -0.2) is 18.2 Å². The van der Waals surface area contributed by atoms with Gasteiger partial charge in [-0.15, -0.1) is 0 Å². The molecule has 0 unspecified atom stereocenters. The van der Waals surface area contributed by atoms with E-state index in [1.54, 1.807) is 0 Å². The number of carbonyl (C=O) groups is 1. The average molecular weight is 242 g/mol. The highest BCUT2D eigenvalue weighted by Crippen LogP contribution is 2.18. The van der Waals surface area contributed by atoms with Gasteiger partial charge in [0.1, 0.15) is 5.82 Å². The Morgan fingerprint density at radius 2 is 2.31 bits per heavy atom. The fraction of sp³-hybridized carbons (Fsp3) is 0.200. The molecular weight excluding hydrogens is 231 g/mol. The topological polar surface area (TPSA) is 76.2 Å². The first-order valence-electron chi connectivity index (χ1n) is 4.38. The Morgan fingerprint density at radius 1 is 1.62 bits per heavy atom. The Hall–Kier alpha value is -1.56. The predicted molar refractivity (Wildman–Crippen MR) is 60.9 cm³/mol. The highest BCUT2D eigenvalue weighted by Gasteiger charge is 2.12. The normalized spacial score (nSPS) is 9.88. The van der Waals surface area contributed by atoms with Crippen LogP contribution < -0.4 is 5.73 Å². The van der Waals surface area contributed by atoms with Crippen molar-refractivity contribution in [1.29, 1.82) is 5.41 Å². The van der Waals surface area contributed by atoms with Gasteiger partial charge in [0.05, 0.1) is 12.7 Å². The van der Waals surface area contributed by atoms with Crippen LogP contribution in [0.25, 0.3) is 0 Å². The quantitative estimate of drug-likeness (QED) is 0.481. The summed E-state index contributed by atoms with van der Waals surface area (Å²) < 4.78 is 17.6. The van der Waals surface area contributed by atoms with Crippen LogP contribution in [0.4, 0.5) is 4.39 Å². The summed E-state index contributed by atoms with van der Waals surface area (Å²) in [6, 6.07) is 3.79. The molecule has 0 heterocycles. The van der Waals surface area contributed by atoms with E-state index in [-0.39, 0.29) is 16.5 Å². The van der Waals surface area contributed by atoms with Gasteiger partial charge in [-0.2, -0.15) is 0 Å². The van der Waals surface area contributed by atoms with Gasteiger partial charge in [0, 0.05) is 5.75 Å². The lowest BCUT2D eigenvalue weighted by atomic mass is 10.1. The molecule has 0 amide bonds. The van der Waals surface area contributed by atoms with Crippen LogP contribution in [0, 0.1) is 11.2 Å². The zero-order chi connectivity index (χ0) is 12.1. The second-order valence-electron chi connectivity index (χ2n) is 2.95. The van der Waals surface area contributed by atoms with Crippen LogP contribution in [0.1, 0.15) is 15.9 Å². The molecule has 0 aliphatic carbocycles. The van der Waals surface area contributed by atoms with Gasteiger partial charge in [-0.05, 0) is 23.8 Å². The van der Waals surface area contributed by atoms with Crippen molar-refractivity contribution in [2.75, 3.05) is 7.11 Å². The van der Waals surface area contributed by atoms with Gasteiger partial charge in [0.2, 0.25) is 0 Å². The Morgan fingerprint density at radius 3 is 2.88 bits per heavy atom. The number of methoxy groups -OCH3 is 1. The van der Waals surface area contributed by atoms with E-state index in [1.807, 2.05) is 0 Å². The molecule has 0 aliphatic rings. The zero-order valence-corrected chi connectivity index (χ0v) is 9.44. The second kappa shape index (κ2) is 5.50. The predicted octanol–water partition coefficient (Wildman–Crippen LogP) is 1.74. The summed E-state index contributed by atoms with van der Waals surface area (Å²) in [6.45, 7) is 0. The van der Waals surface area contributed by atoms with E-state index in [0.29, 0.717) is 5.56 Å². The Labute approximate surface area is 96.5 Å². The SMILES string of the molecule is COC(=O)c1ccc(F)cc1CSC(=N)N. The molecule has 0 radical (unpaired) electrons. The third-order valence-electron chi connectivity index (χ3n) is 1.86. The number of benzene rings is 1. The summed E-state index contributed by atoms with van der Waals surface area (Å²) in [5.41, 5.74) is 5.93. The Bertz CT molecular complexity index is 423. The van der Waals surface area contributed by atoms with Crippen molar-refractivity contribution in [3.05, 3.63) is 35.1 Å². The largest absolute Gasteiger partial charge is 0.465 e. The maximum Gasteiger partial charge on any atom is 0.338 e. The van der Waals surface area contributed by atoms with Crippen LogP contribution in [0.5, 0.6) is 0 Å². The summed E-state index contributed by atoms with van der Waals surface area (Å²) in [4.78, 5) is 11.4. The van der Waals surface area contributed by atoms with Gasteiger partial charge in [-0.25, -0.2) is 9.18 Å². The molecule has 0 fully saturated rings. The highest BCUT2D eigenvalue weighted by atomic mass is 32.2. The molecule has 1 aromatic rings. The van der Waals surface area contributed by atoms with E-state index < -0.39 is 11.8 Å². The molecule has 1 aromatic carbocycles. The monoisotopic (exact) mass is 242 g/mol. The summed E-state index contributed by atoms with van der Waals surface area (Å²) in [7, 11) is 1.26. The van der Waals surface area contributed by atoms with Crippen LogP contribution in [0.2, 0.25) is 0 Å². The number of nitrogens with one attached hydrogen (secondary N) is 1. The lowest BCUT2D eigenvalue weighted by Crippen LogP contribution is -2.08. The van der Waals surface area contributed by atoms with E-state index in [9.17, 15) is 9.18 Å². The first-order valence-corrected chi connectivity index (χ1v) is 5.36. The van der Waals surface area contributed by atoms with Crippen molar-refractivity contribution in [3.63, 3.8) is 0 Å². The minimum Gasteiger partial charge on any atom is -0.465 e. The molecule has 4 nitrogen and oxygen atoms in total. The summed E-state index contributed by atoms with van der Waals surface area (Å²) in [5.74, 6) is -0.705. The zero-order valence-electron chi connectivity index (χ0n) is 8.62. The smallest absolute Gasteiger partial charge is 0.338 e. The lowest BCUT2D eigenvalue weighted by molar-refractivity contribution is 0.0600. The molecule has 0 aromatic heterocycles. The number of thioether (sulfide) groups is 1. The van der Waals surface area contributed by atoms with Gasteiger partial charge in [0.25, 0.3) is 0 Å². The Balaban J connectivity index is 2.98. The minimum atomic E-state index is -0.529.